The van der Waals surface area contributed by atoms with E-state index in [-0.39, 0.29) is 11.5 Å². The van der Waals surface area contributed by atoms with E-state index in [1.165, 1.54) is 19.1 Å². The molecule has 0 spiro atoms. The summed E-state index contributed by atoms with van der Waals surface area (Å²) in [5.74, 6) is -1.64. The van der Waals surface area contributed by atoms with Crippen molar-refractivity contribution in [1.29, 1.82) is 0 Å². The number of H-pyrrole nitrogens is 1. The standard InChI is InChI=1S/C13H11FN2O3/c1-6-3-8(5-9(14)4-6)11-15-7(2)10(13(18)19)12(17)16-11/h3-5H,1-2H3,(H,18,19)(H,15,16,17). The Kier molecular flexibility index (Phi) is 3.16. The van der Waals surface area contributed by atoms with E-state index in [4.69, 9.17) is 5.11 Å². The van der Waals surface area contributed by atoms with Gasteiger partial charge < -0.3 is 10.1 Å². The second-order valence-corrected chi connectivity index (χ2v) is 4.20. The van der Waals surface area contributed by atoms with Gasteiger partial charge in [-0.1, -0.05) is 0 Å². The van der Waals surface area contributed by atoms with Crippen molar-refractivity contribution < 1.29 is 14.3 Å². The highest BCUT2D eigenvalue weighted by atomic mass is 19.1. The molecule has 1 heterocycles. The Hall–Kier alpha value is -2.50. The number of aromatic carboxylic acids is 1. The molecule has 0 fully saturated rings. The SMILES string of the molecule is Cc1cc(F)cc(-c2nc(C)c(C(=O)O)c(=O)[nH]2)c1. The van der Waals surface area contributed by atoms with Gasteiger partial charge in [0.15, 0.2) is 0 Å². The van der Waals surface area contributed by atoms with Crippen molar-refractivity contribution >= 4 is 5.97 Å². The number of nitrogens with one attached hydrogen (secondary N) is 1. The lowest BCUT2D eigenvalue weighted by Crippen LogP contribution is -2.21. The smallest absolute Gasteiger partial charge is 0.343 e. The Bertz CT molecular complexity index is 702. The van der Waals surface area contributed by atoms with Gasteiger partial charge in [0.25, 0.3) is 5.56 Å². The average Bonchev–Trinajstić information content (AvgIpc) is 2.25. The van der Waals surface area contributed by atoms with Gasteiger partial charge in [0.05, 0.1) is 5.69 Å². The highest BCUT2D eigenvalue weighted by molar-refractivity contribution is 5.88. The molecular formula is C13H11FN2O3. The topological polar surface area (TPSA) is 83.0 Å². The van der Waals surface area contributed by atoms with Crippen molar-refractivity contribution in [3.05, 3.63) is 51.2 Å². The van der Waals surface area contributed by atoms with Crippen LogP contribution in [0, 0.1) is 19.7 Å². The van der Waals surface area contributed by atoms with Crippen LogP contribution in [0.3, 0.4) is 0 Å². The van der Waals surface area contributed by atoms with Crippen LogP contribution in [0.5, 0.6) is 0 Å². The fourth-order valence-electron chi connectivity index (χ4n) is 1.85. The molecule has 0 unspecified atom stereocenters. The zero-order valence-corrected chi connectivity index (χ0v) is 10.3. The summed E-state index contributed by atoms with van der Waals surface area (Å²) >= 11 is 0. The fraction of sp³-hybridized carbons (Fsp3) is 0.154. The molecule has 1 aromatic heterocycles. The summed E-state index contributed by atoms with van der Waals surface area (Å²) < 4.78 is 13.3. The van der Waals surface area contributed by atoms with Crippen LogP contribution in [-0.4, -0.2) is 21.0 Å². The Labute approximate surface area is 107 Å². The van der Waals surface area contributed by atoms with Crippen LogP contribution in [0.4, 0.5) is 4.39 Å². The predicted molar refractivity (Wildman–Crippen MR) is 66.7 cm³/mol. The molecule has 0 amide bonds. The highest BCUT2D eigenvalue weighted by Gasteiger charge is 2.15. The van der Waals surface area contributed by atoms with E-state index >= 15 is 0 Å². The zero-order valence-electron chi connectivity index (χ0n) is 10.3. The number of carboxylic acid groups (broad SMARTS) is 1. The lowest BCUT2D eigenvalue weighted by Gasteiger charge is -2.05. The third-order valence-corrected chi connectivity index (χ3v) is 2.63. The molecule has 2 rings (SSSR count). The normalized spacial score (nSPS) is 10.5. The van der Waals surface area contributed by atoms with Crippen molar-refractivity contribution in [2.24, 2.45) is 0 Å². The maximum atomic E-state index is 13.3. The van der Waals surface area contributed by atoms with Crippen molar-refractivity contribution in [3.63, 3.8) is 0 Å². The first-order valence-corrected chi connectivity index (χ1v) is 5.50. The van der Waals surface area contributed by atoms with E-state index in [1.54, 1.807) is 13.0 Å². The second-order valence-electron chi connectivity index (χ2n) is 4.20. The predicted octanol–water partition coefficient (Wildman–Crippen LogP) is 1.89. The van der Waals surface area contributed by atoms with Crippen LogP contribution in [0.15, 0.2) is 23.0 Å². The third-order valence-electron chi connectivity index (χ3n) is 2.63. The lowest BCUT2D eigenvalue weighted by atomic mass is 10.1. The number of aryl methyl sites for hydroxylation is 2. The largest absolute Gasteiger partial charge is 0.477 e. The van der Waals surface area contributed by atoms with Crippen molar-refractivity contribution in [2.75, 3.05) is 0 Å². The van der Waals surface area contributed by atoms with Gasteiger partial charge in [-0.2, -0.15) is 0 Å². The molecule has 5 nitrogen and oxygen atoms in total. The number of aromatic nitrogens is 2. The summed E-state index contributed by atoms with van der Waals surface area (Å²) in [6, 6.07) is 4.23. The van der Waals surface area contributed by atoms with E-state index in [0.29, 0.717) is 11.1 Å². The minimum absolute atomic E-state index is 0.0909. The number of carboxylic acids is 1. The molecule has 0 saturated carbocycles. The molecule has 0 aliphatic carbocycles. The van der Waals surface area contributed by atoms with Crippen molar-refractivity contribution in [2.45, 2.75) is 13.8 Å². The molecule has 6 heteroatoms. The molecule has 0 aliphatic heterocycles. The average molecular weight is 262 g/mol. The van der Waals surface area contributed by atoms with Gasteiger partial charge in [-0.05, 0) is 37.6 Å². The molecule has 2 aromatic rings. The number of aromatic amines is 1. The van der Waals surface area contributed by atoms with Gasteiger partial charge in [0.1, 0.15) is 17.2 Å². The van der Waals surface area contributed by atoms with Crippen LogP contribution in [-0.2, 0) is 0 Å². The summed E-state index contributed by atoms with van der Waals surface area (Å²) in [5.41, 5.74) is 0.00852. The first-order valence-electron chi connectivity index (χ1n) is 5.50. The first-order chi connectivity index (χ1) is 8.88. The van der Waals surface area contributed by atoms with Gasteiger partial charge in [-0.25, -0.2) is 14.2 Å². The van der Waals surface area contributed by atoms with Gasteiger partial charge in [-0.15, -0.1) is 0 Å². The van der Waals surface area contributed by atoms with Crippen LogP contribution < -0.4 is 5.56 Å². The van der Waals surface area contributed by atoms with Gasteiger partial charge >= 0.3 is 5.97 Å². The number of carbonyl (C=O) groups is 1. The minimum atomic E-state index is -1.34. The van der Waals surface area contributed by atoms with E-state index in [0.717, 1.165) is 0 Å². The summed E-state index contributed by atoms with van der Waals surface area (Å²) in [6.45, 7) is 3.14. The van der Waals surface area contributed by atoms with Crippen LogP contribution >= 0.6 is 0 Å². The van der Waals surface area contributed by atoms with Crippen molar-refractivity contribution in [3.8, 4) is 11.4 Å². The zero-order chi connectivity index (χ0) is 14.2. The minimum Gasteiger partial charge on any atom is -0.477 e. The maximum Gasteiger partial charge on any atom is 0.343 e. The molecule has 2 N–H and O–H groups in total. The Morgan fingerprint density at radius 3 is 2.53 bits per heavy atom. The molecule has 0 aliphatic rings. The lowest BCUT2D eigenvalue weighted by molar-refractivity contribution is 0.0693. The van der Waals surface area contributed by atoms with E-state index < -0.39 is 22.9 Å². The maximum absolute atomic E-state index is 13.3. The molecule has 1 aromatic carbocycles. The van der Waals surface area contributed by atoms with E-state index in [2.05, 4.69) is 9.97 Å². The molecule has 0 bridgehead atoms. The molecule has 19 heavy (non-hydrogen) atoms. The molecule has 0 saturated heterocycles. The van der Waals surface area contributed by atoms with Crippen LogP contribution in [0.2, 0.25) is 0 Å². The Balaban J connectivity index is 2.65. The van der Waals surface area contributed by atoms with Gasteiger partial charge in [-0.3, -0.25) is 4.79 Å². The molecule has 0 radical (unpaired) electrons. The second kappa shape index (κ2) is 4.64. The Morgan fingerprint density at radius 1 is 1.32 bits per heavy atom. The number of halogens is 1. The quantitative estimate of drug-likeness (QED) is 0.865. The van der Waals surface area contributed by atoms with Crippen LogP contribution in [0.25, 0.3) is 11.4 Å². The number of nitrogens with zero attached hydrogens (tertiary/aromatic N) is 1. The number of benzene rings is 1. The van der Waals surface area contributed by atoms with E-state index in [1.807, 2.05) is 0 Å². The summed E-state index contributed by atoms with van der Waals surface area (Å²) in [5, 5.41) is 8.88. The highest BCUT2D eigenvalue weighted by Crippen LogP contribution is 2.18. The first kappa shape index (κ1) is 12.9. The van der Waals surface area contributed by atoms with Gasteiger partial charge in [0, 0.05) is 5.56 Å². The van der Waals surface area contributed by atoms with Crippen LogP contribution in [0.1, 0.15) is 21.6 Å². The molecule has 0 atom stereocenters. The third kappa shape index (κ3) is 2.52. The molecule has 98 valence electrons. The van der Waals surface area contributed by atoms with Crippen molar-refractivity contribution in [1.82, 2.24) is 9.97 Å². The number of rotatable bonds is 2. The summed E-state index contributed by atoms with van der Waals surface area (Å²) in [6.07, 6.45) is 0. The summed E-state index contributed by atoms with van der Waals surface area (Å²) in [4.78, 5) is 28.9. The fourth-order valence-corrected chi connectivity index (χ4v) is 1.85. The molecular weight excluding hydrogens is 251 g/mol. The van der Waals surface area contributed by atoms with Gasteiger partial charge in [0.2, 0.25) is 0 Å². The Morgan fingerprint density at radius 2 is 2.00 bits per heavy atom. The van der Waals surface area contributed by atoms with E-state index in [9.17, 15) is 14.0 Å². The number of hydrogen-bond acceptors (Lipinski definition) is 3. The monoisotopic (exact) mass is 262 g/mol. The summed E-state index contributed by atoms with van der Waals surface area (Å²) in [7, 11) is 0. The number of hydrogen-bond donors (Lipinski definition) is 2.